The smallest absolute Gasteiger partial charge is 0.0802 e. The molecule has 0 radical (unpaired) electrons. The third-order valence-corrected chi connectivity index (χ3v) is 4.49. The predicted octanol–water partition coefficient (Wildman–Crippen LogP) is 2.30. The highest BCUT2D eigenvalue weighted by Crippen LogP contribution is 2.23. The summed E-state index contributed by atoms with van der Waals surface area (Å²) in [5, 5.41) is 10.3. The molecular weight excluding hydrogens is 248 g/mol. The van der Waals surface area contributed by atoms with Crippen molar-refractivity contribution in [3.8, 4) is 0 Å². The summed E-state index contributed by atoms with van der Waals surface area (Å²) in [6.07, 6.45) is 0.472. The van der Waals surface area contributed by atoms with E-state index >= 15 is 0 Å². The number of hydrogen-bond acceptors (Lipinski definition) is 3. The van der Waals surface area contributed by atoms with Crippen molar-refractivity contribution in [2.24, 2.45) is 5.92 Å². The van der Waals surface area contributed by atoms with E-state index in [1.165, 1.54) is 5.56 Å². The molecule has 1 aliphatic heterocycles. The summed E-state index contributed by atoms with van der Waals surface area (Å²) in [6, 6.07) is 8.85. The summed E-state index contributed by atoms with van der Waals surface area (Å²) in [5.41, 5.74) is 2.27. The van der Waals surface area contributed by atoms with Gasteiger partial charge in [0.15, 0.2) is 0 Å². The average molecular weight is 276 g/mol. The Labute approximate surface area is 123 Å². The van der Waals surface area contributed by atoms with Gasteiger partial charge in [0.1, 0.15) is 0 Å². The van der Waals surface area contributed by atoms with Crippen molar-refractivity contribution >= 4 is 0 Å². The minimum absolute atomic E-state index is 0.343. The normalized spacial score (nSPS) is 25.3. The molecule has 1 aliphatic rings. The van der Waals surface area contributed by atoms with E-state index in [9.17, 15) is 5.11 Å². The molecule has 0 aliphatic carbocycles. The maximum Gasteiger partial charge on any atom is 0.0802 e. The second kappa shape index (κ2) is 6.70. The summed E-state index contributed by atoms with van der Waals surface area (Å²) in [6.45, 7) is 7.63. The van der Waals surface area contributed by atoms with Gasteiger partial charge in [-0.3, -0.25) is 0 Å². The number of nitrogens with zero attached hydrogens (tertiary/aromatic N) is 2. The second-order valence-corrected chi connectivity index (χ2v) is 6.48. The quantitative estimate of drug-likeness (QED) is 0.894. The first-order valence-corrected chi connectivity index (χ1v) is 7.60. The van der Waals surface area contributed by atoms with Crippen LogP contribution in [0, 0.1) is 12.8 Å². The predicted molar refractivity (Wildman–Crippen MR) is 83.8 cm³/mol. The number of hydrogen-bond donors (Lipinski definition) is 1. The van der Waals surface area contributed by atoms with E-state index in [0.29, 0.717) is 12.0 Å². The summed E-state index contributed by atoms with van der Waals surface area (Å²) in [5.74, 6) is 0.710. The molecule has 0 amide bonds. The molecule has 2 rings (SSSR count). The lowest BCUT2D eigenvalue weighted by atomic mass is 10.0. The van der Waals surface area contributed by atoms with E-state index in [-0.39, 0.29) is 6.10 Å². The molecule has 3 atom stereocenters. The summed E-state index contributed by atoms with van der Waals surface area (Å²) < 4.78 is 0. The second-order valence-electron chi connectivity index (χ2n) is 6.48. The SMILES string of the molecule is Cc1ccc(C(O)CCN2CC(C)C(N(C)C)C2)cc1. The minimum atomic E-state index is -0.343. The first-order chi connectivity index (χ1) is 9.47. The molecule has 0 aromatic heterocycles. The van der Waals surface area contributed by atoms with Crippen molar-refractivity contribution in [3.05, 3.63) is 35.4 Å². The minimum Gasteiger partial charge on any atom is -0.388 e. The first kappa shape index (κ1) is 15.5. The number of likely N-dealkylation sites (N-methyl/N-ethyl adjacent to an activating group) is 1. The van der Waals surface area contributed by atoms with Crippen LogP contribution in [0.4, 0.5) is 0 Å². The fourth-order valence-electron chi connectivity index (χ4n) is 3.16. The molecule has 1 fully saturated rings. The van der Waals surface area contributed by atoms with E-state index in [4.69, 9.17) is 0 Å². The molecule has 1 heterocycles. The largest absolute Gasteiger partial charge is 0.388 e. The van der Waals surface area contributed by atoms with E-state index < -0.39 is 0 Å². The van der Waals surface area contributed by atoms with Crippen molar-refractivity contribution in [1.82, 2.24) is 9.80 Å². The Balaban J connectivity index is 1.82. The standard InChI is InChI=1S/C17H28N2O/c1-13-5-7-15(8-6-13)17(20)9-10-19-11-14(2)16(12-19)18(3)4/h5-8,14,16-17,20H,9-12H2,1-4H3. The van der Waals surface area contributed by atoms with Crippen LogP contribution in [0.15, 0.2) is 24.3 Å². The van der Waals surface area contributed by atoms with Crippen LogP contribution in [0.5, 0.6) is 0 Å². The highest BCUT2D eigenvalue weighted by molar-refractivity contribution is 5.23. The summed E-state index contributed by atoms with van der Waals surface area (Å²) in [4.78, 5) is 4.80. The van der Waals surface area contributed by atoms with Gasteiger partial charge in [0.25, 0.3) is 0 Å². The maximum atomic E-state index is 10.3. The third-order valence-electron chi connectivity index (χ3n) is 4.49. The average Bonchev–Trinajstić information content (AvgIpc) is 2.78. The molecule has 1 saturated heterocycles. The number of aliphatic hydroxyl groups excluding tert-OH is 1. The first-order valence-electron chi connectivity index (χ1n) is 7.60. The third kappa shape index (κ3) is 3.81. The van der Waals surface area contributed by atoms with Gasteiger partial charge >= 0.3 is 0 Å². The van der Waals surface area contributed by atoms with Crippen molar-refractivity contribution in [1.29, 1.82) is 0 Å². The summed E-state index contributed by atoms with van der Waals surface area (Å²) in [7, 11) is 4.32. The Morgan fingerprint density at radius 3 is 2.45 bits per heavy atom. The van der Waals surface area contributed by atoms with Crippen LogP contribution in [-0.4, -0.2) is 54.7 Å². The Morgan fingerprint density at radius 2 is 1.90 bits per heavy atom. The lowest BCUT2D eigenvalue weighted by Gasteiger charge is -2.23. The zero-order chi connectivity index (χ0) is 14.7. The molecule has 20 heavy (non-hydrogen) atoms. The molecule has 3 unspecified atom stereocenters. The number of aryl methyl sites for hydroxylation is 1. The number of likely N-dealkylation sites (tertiary alicyclic amines) is 1. The zero-order valence-electron chi connectivity index (χ0n) is 13.2. The highest BCUT2D eigenvalue weighted by Gasteiger charge is 2.30. The van der Waals surface area contributed by atoms with Crippen LogP contribution < -0.4 is 0 Å². The Morgan fingerprint density at radius 1 is 1.25 bits per heavy atom. The van der Waals surface area contributed by atoms with Crippen molar-refractivity contribution < 1.29 is 5.11 Å². The van der Waals surface area contributed by atoms with Gasteiger partial charge in [-0.25, -0.2) is 0 Å². The van der Waals surface area contributed by atoms with Gasteiger partial charge in [-0.1, -0.05) is 36.8 Å². The van der Waals surface area contributed by atoms with Crippen molar-refractivity contribution in [3.63, 3.8) is 0 Å². The van der Waals surface area contributed by atoms with Crippen LogP contribution in [-0.2, 0) is 0 Å². The van der Waals surface area contributed by atoms with E-state index in [2.05, 4.69) is 49.9 Å². The fraction of sp³-hybridized carbons (Fsp3) is 0.647. The van der Waals surface area contributed by atoms with E-state index in [0.717, 1.165) is 31.6 Å². The van der Waals surface area contributed by atoms with Crippen LogP contribution in [0.3, 0.4) is 0 Å². The van der Waals surface area contributed by atoms with Gasteiger partial charge < -0.3 is 14.9 Å². The molecule has 1 N–H and O–H groups in total. The Kier molecular flexibility index (Phi) is 5.19. The molecule has 0 bridgehead atoms. The van der Waals surface area contributed by atoms with Crippen LogP contribution in [0.1, 0.15) is 30.6 Å². The maximum absolute atomic E-state index is 10.3. The monoisotopic (exact) mass is 276 g/mol. The molecule has 1 aromatic rings. The Bertz CT molecular complexity index is 416. The number of rotatable bonds is 5. The zero-order valence-corrected chi connectivity index (χ0v) is 13.2. The van der Waals surface area contributed by atoms with Gasteiger partial charge in [-0.05, 0) is 38.9 Å². The van der Waals surface area contributed by atoms with E-state index in [1.807, 2.05) is 12.1 Å². The fourth-order valence-corrected chi connectivity index (χ4v) is 3.16. The van der Waals surface area contributed by atoms with Crippen molar-refractivity contribution in [2.45, 2.75) is 32.4 Å². The molecule has 1 aromatic carbocycles. The molecule has 3 nitrogen and oxygen atoms in total. The van der Waals surface area contributed by atoms with Gasteiger partial charge in [-0.15, -0.1) is 0 Å². The van der Waals surface area contributed by atoms with Crippen LogP contribution in [0.2, 0.25) is 0 Å². The summed E-state index contributed by atoms with van der Waals surface area (Å²) >= 11 is 0. The number of aliphatic hydroxyl groups is 1. The van der Waals surface area contributed by atoms with Gasteiger partial charge in [0.2, 0.25) is 0 Å². The van der Waals surface area contributed by atoms with E-state index in [1.54, 1.807) is 0 Å². The molecule has 3 heteroatoms. The van der Waals surface area contributed by atoms with Gasteiger partial charge in [0, 0.05) is 25.7 Å². The Hall–Kier alpha value is -0.900. The number of benzene rings is 1. The molecular formula is C17H28N2O. The molecule has 0 spiro atoms. The van der Waals surface area contributed by atoms with Gasteiger partial charge in [0.05, 0.1) is 6.10 Å². The lowest BCUT2D eigenvalue weighted by molar-refractivity contribution is 0.146. The molecule has 0 saturated carbocycles. The lowest BCUT2D eigenvalue weighted by Crippen LogP contribution is -2.34. The molecule has 112 valence electrons. The van der Waals surface area contributed by atoms with Crippen LogP contribution in [0.25, 0.3) is 0 Å². The van der Waals surface area contributed by atoms with Gasteiger partial charge in [-0.2, -0.15) is 0 Å². The topological polar surface area (TPSA) is 26.7 Å². The highest BCUT2D eigenvalue weighted by atomic mass is 16.3. The van der Waals surface area contributed by atoms with Crippen LogP contribution >= 0.6 is 0 Å². The van der Waals surface area contributed by atoms with Crippen molar-refractivity contribution in [2.75, 3.05) is 33.7 Å².